The number of benzene rings is 2. The fraction of sp³-hybridized carbons (Fsp3) is 0.143. The first-order valence-corrected chi connectivity index (χ1v) is 7.46. The molecule has 0 aliphatic carbocycles. The van der Waals surface area contributed by atoms with Crippen LogP contribution in [-0.2, 0) is 0 Å². The summed E-state index contributed by atoms with van der Waals surface area (Å²) in [5.74, 6) is -1.27. The maximum atomic E-state index is 13.2. The third-order valence-corrected chi connectivity index (χ3v) is 4.76. The van der Waals surface area contributed by atoms with Gasteiger partial charge in [-0.25, -0.2) is 8.78 Å². The summed E-state index contributed by atoms with van der Waals surface area (Å²) < 4.78 is 28.2. The Hall–Kier alpha value is -0.450. The molecule has 1 unspecified atom stereocenters. The van der Waals surface area contributed by atoms with Crippen LogP contribution in [0.15, 0.2) is 39.3 Å². The highest BCUT2D eigenvalue weighted by molar-refractivity contribution is 9.11. The van der Waals surface area contributed by atoms with Gasteiger partial charge >= 0.3 is 0 Å². The first-order chi connectivity index (χ1) is 8.88. The fourth-order valence-corrected chi connectivity index (χ4v) is 3.24. The fourth-order valence-electron chi connectivity index (χ4n) is 1.76. The van der Waals surface area contributed by atoms with Crippen LogP contribution >= 0.6 is 43.5 Å². The van der Waals surface area contributed by atoms with Crippen molar-refractivity contribution in [1.29, 1.82) is 0 Å². The maximum Gasteiger partial charge on any atom is 0.126 e. The Labute approximate surface area is 132 Å². The Kier molecular flexibility index (Phi) is 4.64. The lowest BCUT2D eigenvalue weighted by atomic mass is 10.0. The average molecular weight is 410 g/mol. The number of hydrogen-bond donors (Lipinski definition) is 0. The van der Waals surface area contributed by atoms with Gasteiger partial charge in [0.15, 0.2) is 0 Å². The Bertz CT molecular complexity index is 609. The van der Waals surface area contributed by atoms with Crippen molar-refractivity contribution in [2.24, 2.45) is 0 Å². The molecule has 5 heteroatoms. The van der Waals surface area contributed by atoms with Gasteiger partial charge in [0.25, 0.3) is 0 Å². The highest BCUT2D eigenvalue weighted by atomic mass is 79.9. The zero-order valence-electron chi connectivity index (χ0n) is 9.85. The summed E-state index contributed by atoms with van der Waals surface area (Å²) in [6, 6.07) is 7.06. The summed E-state index contributed by atoms with van der Waals surface area (Å²) in [6.07, 6.45) is 0. The van der Waals surface area contributed by atoms with E-state index in [-0.39, 0.29) is 0 Å². The minimum Gasteiger partial charge on any atom is -0.207 e. The highest BCUT2D eigenvalue weighted by Crippen LogP contribution is 2.37. The van der Waals surface area contributed by atoms with E-state index in [0.717, 1.165) is 26.1 Å². The van der Waals surface area contributed by atoms with Crippen molar-refractivity contribution in [1.82, 2.24) is 0 Å². The van der Waals surface area contributed by atoms with Gasteiger partial charge < -0.3 is 0 Å². The van der Waals surface area contributed by atoms with Gasteiger partial charge in [-0.3, -0.25) is 0 Å². The topological polar surface area (TPSA) is 0 Å². The SMILES string of the molecule is Cc1cc(Br)c(C(Cl)c2cc(F)cc(F)c2)cc1Br. The largest absolute Gasteiger partial charge is 0.207 e. The van der Waals surface area contributed by atoms with E-state index in [1.54, 1.807) is 0 Å². The highest BCUT2D eigenvalue weighted by Gasteiger charge is 2.17. The lowest BCUT2D eigenvalue weighted by molar-refractivity contribution is 0.580. The van der Waals surface area contributed by atoms with E-state index < -0.39 is 17.0 Å². The molecule has 2 rings (SSSR count). The van der Waals surface area contributed by atoms with Crippen LogP contribution < -0.4 is 0 Å². The average Bonchev–Trinajstić information content (AvgIpc) is 2.31. The van der Waals surface area contributed by atoms with E-state index in [1.807, 2.05) is 19.1 Å². The van der Waals surface area contributed by atoms with Crippen molar-refractivity contribution in [3.63, 3.8) is 0 Å². The van der Waals surface area contributed by atoms with Crippen LogP contribution in [0.2, 0.25) is 0 Å². The second-order valence-electron chi connectivity index (χ2n) is 4.19. The molecular weight excluding hydrogens is 401 g/mol. The van der Waals surface area contributed by atoms with Gasteiger partial charge in [-0.2, -0.15) is 0 Å². The van der Waals surface area contributed by atoms with E-state index >= 15 is 0 Å². The van der Waals surface area contributed by atoms with Gasteiger partial charge in [-0.05, 0) is 47.9 Å². The second-order valence-corrected chi connectivity index (χ2v) is 6.33. The zero-order valence-corrected chi connectivity index (χ0v) is 13.8. The minimum atomic E-state index is -0.636. The predicted octanol–water partition coefficient (Wildman–Crippen LogP) is 6.13. The van der Waals surface area contributed by atoms with Gasteiger partial charge in [0.05, 0.1) is 5.38 Å². The molecular formula is C14H9Br2ClF2. The van der Waals surface area contributed by atoms with E-state index in [0.29, 0.717) is 5.56 Å². The van der Waals surface area contributed by atoms with Crippen molar-refractivity contribution in [3.8, 4) is 0 Å². The zero-order chi connectivity index (χ0) is 14.2. The Morgan fingerprint density at radius 2 is 1.53 bits per heavy atom. The minimum absolute atomic E-state index is 0.385. The van der Waals surface area contributed by atoms with Gasteiger partial charge in [-0.1, -0.05) is 31.9 Å². The van der Waals surface area contributed by atoms with Crippen molar-refractivity contribution in [2.75, 3.05) is 0 Å². The lowest BCUT2D eigenvalue weighted by Gasteiger charge is -2.14. The molecule has 0 radical (unpaired) electrons. The molecule has 19 heavy (non-hydrogen) atoms. The Morgan fingerprint density at radius 1 is 0.947 bits per heavy atom. The van der Waals surface area contributed by atoms with Gasteiger partial charge in [0.1, 0.15) is 11.6 Å². The predicted molar refractivity (Wildman–Crippen MR) is 80.6 cm³/mol. The molecule has 0 fully saturated rings. The molecule has 0 nitrogen and oxygen atoms in total. The molecule has 0 spiro atoms. The molecule has 0 amide bonds. The molecule has 0 bridgehead atoms. The number of hydrogen-bond acceptors (Lipinski definition) is 0. The molecule has 0 saturated carbocycles. The summed E-state index contributed by atoms with van der Waals surface area (Å²) >= 11 is 13.2. The molecule has 0 aliphatic heterocycles. The number of alkyl halides is 1. The molecule has 2 aromatic rings. The first kappa shape index (κ1) is 14.9. The smallest absolute Gasteiger partial charge is 0.126 e. The monoisotopic (exact) mass is 408 g/mol. The van der Waals surface area contributed by atoms with Gasteiger partial charge in [0, 0.05) is 15.0 Å². The van der Waals surface area contributed by atoms with Crippen molar-refractivity contribution < 1.29 is 8.78 Å². The van der Waals surface area contributed by atoms with Crippen LogP contribution in [0.1, 0.15) is 22.1 Å². The van der Waals surface area contributed by atoms with E-state index in [1.165, 1.54) is 12.1 Å². The van der Waals surface area contributed by atoms with Crippen molar-refractivity contribution >= 4 is 43.5 Å². The third kappa shape index (κ3) is 3.36. The Balaban J connectivity index is 2.49. The molecule has 0 saturated heterocycles. The third-order valence-electron chi connectivity index (χ3n) is 2.73. The van der Waals surface area contributed by atoms with E-state index in [4.69, 9.17) is 11.6 Å². The van der Waals surface area contributed by atoms with Crippen LogP contribution in [0.4, 0.5) is 8.78 Å². The van der Waals surface area contributed by atoms with Gasteiger partial charge in [0.2, 0.25) is 0 Å². The molecule has 0 N–H and O–H groups in total. The van der Waals surface area contributed by atoms with Crippen LogP contribution in [0.3, 0.4) is 0 Å². The van der Waals surface area contributed by atoms with Crippen LogP contribution in [0, 0.1) is 18.6 Å². The molecule has 0 aromatic heterocycles. The van der Waals surface area contributed by atoms with Gasteiger partial charge in [-0.15, -0.1) is 11.6 Å². The second kappa shape index (κ2) is 5.90. The number of halogens is 5. The van der Waals surface area contributed by atoms with E-state index in [2.05, 4.69) is 31.9 Å². The van der Waals surface area contributed by atoms with E-state index in [9.17, 15) is 8.78 Å². The molecule has 0 aliphatic rings. The molecule has 0 heterocycles. The van der Waals surface area contributed by atoms with Crippen molar-refractivity contribution in [2.45, 2.75) is 12.3 Å². The summed E-state index contributed by atoms with van der Waals surface area (Å²) in [5.41, 5.74) is 2.18. The molecule has 1 atom stereocenters. The van der Waals surface area contributed by atoms with Crippen LogP contribution in [-0.4, -0.2) is 0 Å². The summed E-state index contributed by atoms with van der Waals surface area (Å²) in [7, 11) is 0. The molecule has 2 aromatic carbocycles. The quantitative estimate of drug-likeness (QED) is 0.523. The number of rotatable bonds is 2. The van der Waals surface area contributed by atoms with Crippen LogP contribution in [0.25, 0.3) is 0 Å². The maximum absolute atomic E-state index is 13.2. The van der Waals surface area contributed by atoms with Crippen LogP contribution in [0.5, 0.6) is 0 Å². The summed E-state index contributed by atoms with van der Waals surface area (Å²) in [4.78, 5) is 0. The first-order valence-electron chi connectivity index (χ1n) is 5.44. The molecule has 100 valence electrons. The standard InChI is InChI=1S/C14H9Br2ClF2/c1-7-2-13(16)11(6-12(7)15)14(17)8-3-9(18)5-10(19)4-8/h2-6,14H,1H3. The lowest BCUT2D eigenvalue weighted by Crippen LogP contribution is -1.97. The van der Waals surface area contributed by atoms with Crippen molar-refractivity contribution in [3.05, 3.63) is 67.6 Å². The summed E-state index contributed by atoms with van der Waals surface area (Å²) in [5, 5.41) is -0.628. The summed E-state index contributed by atoms with van der Waals surface area (Å²) in [6.45, 7) is 1.95. The normalized spacial score (nSPS) is 12.5. The number of aryl methyl sites for hydroxylation is 1. The Morgan fingerprint density at radius 3 is 2.11 bits per heavy atom.